The molecule has 0 bridgehead atoms. The third kappa shape index (κ3) is 36.4. The first-order valence-corrected chi connectivity index (χ1v) is 35.4. The van der Waals surface area contributed by atoms with Crippen LogP contribution in [-0.2, 0) is 28.6 Å². The number of rotatable bonds is 16. The summed E-state index contributed by atoms with van der Waals surface area (Å²) >= 11 is 85.4. The van der Waals surface area contributed by atoms with E-state index in [9.17, 15) is 24.3 Å². The van der Waals surface area contributed by atoms with E-state index in [1.165, 1.54) is 19.9 Å². The van der Waals surface area contributed by atoms with Crippen LogP contribution in [0.15, 0.2) is 188 Å². The number of carbonyl (C=O) groups excluding carboxylic acids is 4. The molecule has 30 heteroatoms. The molecule has 4 unspecified atom stereocenters. The molecule has 0 spiro atoms. The van der Waals surface area contributed by atoms with Crippen molar-refractivity contribution in [2.75, 3.05) is 66.2 Å². The molecule has 2 aliphatic rings. The standard InChI is InChI=1S/C17H16Cl3NO2.C16H12Cl3NO2.C14H12Cl3NO.C8H6Cl2O.C7H4Cl2O.C6H6ClN.C3H5BrO.2CH4.B.BrH.Li.H2/c1-11(22)9-23-10-17(15-7-4-13(19)8-16(15)20)21-14-5-2-12(18)3-6-14;17-10-1-4-12(5-2-10)20-15(8-22-9-16(20)21)13-6-3-11(18)7-14(13)19;15-9-1-4-11(5-2-9)18-14(8-19)12-6-3-10(16)7-13(12)17;9-5-1-2-6(7(10)3-5)8-4-11-8;8-6-2-1-5(4-10)7(9)3-6;7-5-1-3-6(8)4-2-5;1-3(5)2-4;;;;;;/h2-8,17,21H,9-10H2,1H3;1-7,15H,8-9H2;1-7,14,18-19H,8H2;1-3,8H,4H2;1-4H;1-4H,8H2;2H2,1H3;2*1H4;;1H;;1H/q;;;;;;;;;;;+1;/p-1/i;;;;;;;;;;;;1+1. The number of hydrogen-bond acceptors (Lipinski definition) is 11. The van der Waals surface area contributed by atoms with E-state index in [4.69, 9.17) is 182 Å². The van der Waals surface area contributed by atoms with Gasteiger partial charge in [-0.2, -0.15) is 0 Å². The summed E-state index contributed by atoms with van der Waals surface area (Å²) in [5.74, 6) is 0.0204. The van der Waals surface area contributed by atoms with E-state index in [-0.39, 0.29) is 122 Å². The average molecular weight is 1810 g/mol. The number of nitrogens with zero attached hydrogens (tertiary/aromatic N) is 1. The Bertz CT molecular complexity index is 4040. The molecule has 9 aromatic rings. The molecule has 11 rings (SSSR count). The van der Waals surface area contributed by atoms with Crippen molar-refractivity contribution in [1.82, 2.24) is 0 Å². The number of aliphatic hydroxyl groups is 1. The van der Waals surface area contributed by atoms with Crippen molar-refractivity contribution in [3.8, 4) is 0 Å². The number of alkyl halides is 1. The first kappa shape index (κ1) is 99.4. The smallest absolute Gasteiger partial charge is 1.00 e. The maximum atomic E-state index is 12.3. The van der Waals surface area contributed by atoms with Crippen LogP contribution in [0.4, 0.5) is 22.7 Å². The normalized spacial score (nSPS) is 13.2. The van der Waals surface area contributed by atoms with Crippen LogP contribution in [0.5, 0.6) is 0 Å². The van der Waals surface area contributed by atoms with Crippen LogP contribution in [0, 0.1) is 0 Å². The van der Waals surface area contributed by atoms with E-state index in [1.54, 1.807) is 126 Å². The number of ether oxygens (including phenoxy) is 3. The molecule has 0 aliphatic carbocycles. The van der Waals surface area contributed by atoms with Gasteiger partial charge < -0.3 is 57.6 Å². The fourth-order valence-corrected chi connectivity index (χ4v) is 11.5. The Kier molecular flexibility index (Phi) is 50.6. The van der Waals surface area contributed by atoms with E-state index >= 15 is 0 Å². The number of hydrogen-bond donors (Lipinski definition) is 4. The number of amides is 1. The molecule has 547 valence electrons. The van der Waals surface area contributed by atoms with E-state index in [1.807, 2.05) is 60.7 Å². The second-order valence-electron chi connectivity index (χ2n) is 20.7. The Labute approximate surface area is 707 Å². The van der Waals surface area contributed by atoms with E-state index in [0.29, 0.717) is 95.7 Å². The summed E-state index contributed by atoms with van der Waals surface area (Å²) in [6, 6.07) is 53.8. The van der Waals surface area contributed by atoms with Crippen molar-refractivity contribution in [1.29, 1.82) is 0 Å². The average Bonchev–Trinajstić information content (AvgIpc) is 0.887. The Morgan fingerprint density at radius 1 is 0.563 bits per heavy atom. The van der Waals surface area contributed by atoms with Gasteiger partial charge in [-0.15, -0.1) is 0 Å². The zero-order chi connectivity index (χ0) is 72.0. The molecule has 103 heavy (non-hydrogen) atoms. The predicted octanol–water partition coefficient (Wildman–Crippen LogP) is 18.9. The van der Waals surface area contributed by atoms with Crippen LogP contribution >= 0.6 is 178 Å². The Balaban J connectivity index is 0. The number of anilines is 4. The van der Waals surface area contributed by atoms with Gasteiger partial charge in [0.1, 0.15) is 25.1 Å². The third-order valence-electron chi connectivity index (χ3n) is 13.1. The molecule has 3 radical (unpaired) electrons. The molecule has 2 fully saturated rings. The number of nitrogens with one attached hydrogen (secondary N) is 2. The minimum Gasteiger partial charge on any atom is -1.00 e. The topological polar surface area (TPSA) is 173 Å². The number of carbonyl (C=O) groups is 4. The molecular weight excluding hydrogens is 1730 g/mol. The fourth-order valence-electron chi connectivity index (χ4n) is 8.37. The number of nitrogens with two attached hydrogens (primary N) is 1. The molecule has 2 saturated heterocycles. The molecule has 1 amide bonds. The summed E-state index contributed by atoms with van der Waals surface area (Å²) in [4.78, 5) is 45.1. The van der Waals surface area contributed by atoms with Gasteiger partial charge in [0, 0.05) is 109 Å². The maximum absolute atomic E-state index is 12.3. The van der Waals surface area contributed by atoms with Crippen LogP contribution in [0.2, 0.25) is 70.3 Å². The van der Waals surface area contributed by atoms with Crippen LogP contribution in [0.25, 0.3) is 0 Å². The summed E-state index contributed by atoms with van der Waals surface area (Å²) < 4.78 is 16.0. The largest absolute Gasteiger partial charge is 1.00 e. The predicted molar refractivity (Wildman–Crippen MR) is 435 cm³/mol. The number of Topliss-reactive ketones (excluding diaryl/α,β-unsaturated/α-hetero) is 2. The molecule has 4 atom stereocenters. The number of aldehydes is 1. The van der Waals surface area contributed by atoms with E-state index in [0.717, 1.165) is 56.6 Å². The van der Waals surface area contributed by atoms with Gasteiger partial charge in [-0.1, -0.05) is 217 Å². The van der Waals surface area contributed by atoms with Gasteiger partial charge in [-0.25, -0.2) is 0 Å². The van der Waals surface area contributed by atoms with Gasteiger partial charge in [0.05, 0.1) is 54.9 Å². The number of ketones is 2. The van der Waals surface area contributed by atoms with Crippen molar-refractivity contribution >= 4 is 233 Å². The van der Waals surface area contributed by atoms with Crippen molar-refractivity contribution in [2.45, 2.75) is 52.9 Å². The van der Waals surface area contributed by atoms with Crippen LogP contribution in [0.3, 0.4) is 0 Å². The fraction of sp³-hybridized carbons (Fsp3) is 0.205. The Morgan fingerprint density at radius 3 is 1.31 bits per heavy atom. The number of nitrogen functional groups attached to an aromatic ring is 1. The van der Waals surface area contributed by atoms with Crippen LogP contribution in [-0.4, -0.2) is 82.3 Å². The van der Waals surface area contributed by atoms with Gasteiger partial charge in [-0.05, 0) is 194 Å². The first-order valence-electron chi connectivity index (χ1n) is 28.9. The summed E-state index contributed by atoms with van der Waals surface area (Å²) in [6.45, 7) is 4.49. The summed E-state index contributed by atoms with van der Waals surface area (Å²) in [7, 11) is 0. The van der Waals surface area contributed by atoms with Crippen molar-refractivity contribution in [3.63, 3.8) is 0 Å². The number of morpholine rings is 1. The monoisotopic (exact) mass is 1800 g/mol. The molecule has 12 nitrogen and oxygen atoms in total. The van der Waals surface area contributed by atoms with E-state index in [2.05, 4.69) is 26.6 Å². The van der Waals surface area contributed by atoms with Gasteiger partial charge in [0.2, 0.25) is 0 Å². The molecule has 2 aliphatic heterocycles. The summed E-state index contributed by atoms with van der Waals surface area (Å²) in [5.41, 5.74) is 12.5. The van der Waals surface area contributed by atoms with Crippen molar-refractivity contribution in [3.05, 3.63) is 286 Å². The summed E-state index contributed by atoms with van der Waals surface area (Å²) in [6.07, 6.45) is 0.901. The van der Waals surface area contributed by atoms with Gasteiger partial charge in [-0.3, -0.25) is 19.2 Å². The minimum absolute atomic E-state index is 0. The quantitative estimate of drug-likeness (QED) is 0.0238. The molecule has 0 aromatic heterocycles. The zero-order valence-corrected chi connectivity index (χ0v) is 67.4. The van der Waals surface area contributed by atoms with Crippen molar-refractivity contribution in [2.24, 2.45) is 0 Å². The van der Waals surface area contributed by atoms with Crippen molar-refractivity contribution < 1.29 is 75.8 Å². The second kappa shape index (κ2) is 52.4. The van der Waals surface area contributed by atoms with Gasteiger partial charge in [0.25, 0.3) is 5.91 Å². The number of aliphatic hydroxyl groups excluding tert-OH is 1. The zero-order valence-electron chi connectivity index (χ0n) is 53.7. The number of epoxide rings is 1. The second-order valence-corrected chi connectivity index (χ2v) is 27.3. The maximum Gasteiger partial charge on any atom is 1.00 e. The van der Waals surface area contributed by atoms with Gasteiger partial charge in [0.15, 0.2) is 12.1 Å². The molecule has 0 saturated carbocycles. The minimum atomic E-state index is -0.300. The van der Waals surface area contributed by atoms with Crippen LogP contribution < -0.4 is 57.1 Å². The SMILES string of the molecule is C.C.CC(=O)CBr.CC(=O)COCC(Nc1ccc(Cl)cc1)c1ccc(Cl)cc1Cl.Clc1ccc(C2CO2)c(Cl)c1.Nc1ccc(Cl)cc1.O=C1COCC(c2ccc(Cl)cc2Cl)N1c1ccc(Cl)cc1.O=Cc1ccc(Cl)cc1Cl.OCC(Nc1ccc(Cl)cc1)c1ccc(Cl)cc1Cl.[2HH].[B].[Br-].[Li+]. The summed E-state index contributed by atoms with van der Waals surface area (Å²) in [5, 5.41) is 24.7. The third-order valence-corrected chi connectivity index (χ3v) is 17.7. The number of benzene rings is 9. The molecule has 2 heterocycles. The molecule has 9 aromatic carbocycles. The van der Waals surface area contributed by atoms with E-state index < -0.39 is 0 Å². The molecule has 5 N–H and O–H groups in total. The first-order chi connectivity index (χ1) is 46.7. The Morgan fingerprint density at radius 2 is 0.932 bits per heavy atom. The molecular formula is C73H71BBr2Cl14LiN4O8. The Hall–Kier alpha value is -3.62. The van der Waals surface area contributed by atoms with Crippen LogP contribution in [0.1, 0.15) is 87.0 Å². The number of halogens is 16. The van der Waals surface area contributed by atoms with Gasteiger partial charge >= 0.3 is 18.9 Å².